The quantitative estimate of drug-likeness (QED) is 0.743. The van der Waals surface area contributed by atoms with Gasteiger partial charge in [0, 0.05) is 39.3 Å². The highest BCUT2D eigenvalue weighted by atomic mass is 19.1. The second-order valence-corrected chi connectivity index (χ2v) is 8.63. The Morgan fingerprint density at radius 1 is 1.00 bits per heavy atom. The zero-order chi connectivity index (χ0) is 21.8. The number of hydrogen-bond acceptors (Lipinski definition) is 3. The van der Waals surface area contributed by atoms with Crippen LogP contribution in [0.2, 0.25) is 0 Å². The molecule has 0 radical (unpaired) electrons. The van der Waals surface area contributed by atoms with E-state index in [4.69, 9.17) is 0 Å². The summed E-state index contributed by atoms with van der Waals surface area (Å²) in [6.07, 6.45) is 2.11. The molecular formula is C25H30FN3O2. The molecular weight excluding hydrogens is 393 g/mol. The van der Waals surface area contributed by atoms with Gasteiger partial charge < -0.3 is 9.80 Å². The van der Waals surface area contributed by atoms with Crippen LogP contribution < -0.4 is 0 Å². The minimum atomic E-state index is -0.263. The standard InChI is InChI=1S/C25H30FN3O2/c1-19-4-2-5-21(16-19)17-24(30)28-12-3-11-27(14-15-28)23-10-13-29(25(23)31)18-20-6-8-22(26)9-7-20/h2,4-9,16,23H,3,10-15,17-18H2,1H3/t23-/m1/s1. The van der Waals surface area contributed by atoms with Crippen LogP contribution >= 0.6 is 0 Å². The van der Waals surface area contributed by atoms with Crippen molar-refractivity contribution in [2.24, 2.45) is 0 Å². The van der Waals surface area contributed by atoms with Crippen molar-refractivity contribution in [1.29, 1.82) is 0 Å². The highest BCUT2D eigenvalue weighted by Crippen LogP contribution is 2.21. The van der Waals surface area contributed by atoms with Crippen molar-refractivity contribution in [3.05, 3.63) is 71.0 Å². The minimum Gasteiger partial charge on any atom is -0.341 e. The predicted molar refractivity (Wildman–Crippen MR) is 118 cm³/mol. The Balaban J connectivity index is 1.31. The molecule has 4 rings (SSSR count). The molecule has 2 saturated heterocycles. The molecule has 0 saturated carbocycles. The Morgan fingerprint density at radius 3 is 2.58 bits per heavy atom. The van der Waals surface area contributed by atoms with E-state index in [1.165, 1.54) is 12.1 Å². The zero-order valence-electron chi connectivity index (χ0n) is 18.1. The van der Waals surface area contributed by atoms with Crippen LogP contribution in [-0.4, -0.2) is 65.3 Å². The SMILES string of the molecule is Cc1cccc(CC(=O)N2CCCN([C@@H]3CCN(Cc4ccc(F)cc4)C3=O)CC2)c1. The second kappa shape index (κ2) is 9.60. The van der Waals surface area contributed by atoms with Gasteiger partial charge in [-0.05, 0) is 43.0 Å². The van der Waals surface area contributed by atoms with Crippen molar-refractivity contribution in [3.63, 3.8) is 0 Å². The molecule has 2 amide bonds. The number of hydrogen-bond donors (Lipinski definition) is 0. The maximum atomic E-state index is 13.1. The van der Waals surface area contributed by atoms with Crippen molar-refractivity contribution in [2.45, 2.75) is 38.8 Å². The molecule has 0 aromatic heterocycles. The molecule has 31 heavy (non-hydrogen) atoms. The lowest BCUT2D eigenvalue weighted by molar-refractivity contribution is -0.132. The first-order valence-electron chi connectivity index (χ1n) is 11.1. The summed E-state index contributed by atoms with van der Waals surface area (Å²) in [6.45, 7) is 6.22. The van der Waals surface area contributed by atoms with Crippen LogP contribution in [-0.2, 0) is 22.6 Å². The van der Waals surface area contributed by atoms with Crippen LogP contribution in [0.25, 0.3) is 0 Å². The molecule has 6 heteroatoms. The number of carbonyl (C=O) groups is 2. The fraction of sp³-hybridized carbons (Fsp3) is 0.440. The molecule has 2 aromatic carbocycles. The molecule has 0 aliphatic carbocycles. The summed E-state index contributed by atoms with van der Waals surface area (Å²) in [5.74, 6) is 0.0347. The van der Waals surface area contributed by atoms with Gasteiger partial charge in [-0.25, -0.2) is 4.39 Å². The molecule has 2 aliphatic heterocycles. The third-order valence-electron chi connectivity index (χ3n) is 6.32. The molecule has 0 N–H and O–H groups in total. The predicted octanol–water partition coefficient (Wildman–Crippen LogP) is 3.01. The molecule has 0 spiro atoms. The van der Waals surface area contributed by atoms with Crippen LogP contribution in [0.1, 0.15) is 29.5 Å². The Labute approximate surface area is 183 Å². The highest BCUT2D eigenvalue weighted by molar-refractivity contribution is 5.84. The number of rotatable bonds is 5. The van der Waals surface area contributed by atoms with Gasteiger partial charge in [-0.3, -0.25) is 14.5 Å². The van der Waals surface area contributed by atoms with E-state index < -0.39 is 0 Å². The van der Waals surface area contributed by atoms with Crippen molar-refractivity contribution in [2.75, 3.05) is 32.7 Å². The monoisotopic (exact) mass is 423 g/mol. The average molecular weight is 424 g/mol. The van der Waals surface area contributed by atoms with Gasteiger partial charge in [-0.1, -0.05) is 42.0 Å². The van der Waals surface area contributed by atoms with Crippen LogP contribution in [0.3, 0.4) is 0 Å². The highest BCUT2D eigenvalue weighted by Gasteiger charge is 2.36. The van der Waals surface area contributed by atoms with Crippen LogP contribution in [0.4, 0.5) is 4.39 Å². The number of aryl methyl sites for hydroxylation is 1. The topological polar surface area (TPSA) is 43.9 Å². The van der Waals surface area contributed by atoms with E-state index in [2.05, 4.69) is 11.0 Å². The first-order chi connectivity index (χ1) is 15.0. The second-order valence-electron chi connectivity index (χ2n) is 8.63. The van der Waals surface area contributed by atoms with Crippen molar-refractivity contribution >= 4 is 11.8 Å². The average Bonchev–Trinajstić information content (AvgIpc) is 2.95. The molecule has 0 unspecified atom stereocenters. The summed E-state index contributed by atoms with van der Waals surface area (Å²) in [7, 11) is 0. The van der Waals surface area contributed by atoms with Crippen LogP contribution in [0.5, 0.6) is 0 Å². The summed E-state index contributed by atoms with van der Waals surface area (Å²) in [5.41, 5.74) is 3.16. The number of benzene rings is 2. The summed E-state index contributed by atoms with van der Waals surface area (Å²) in [5, 5.41) is 0. The number of carbonyl (C=O) groups excluding carboxylic acids is 2. The maximum Gasteiger partial charge on any atom is 0.240 e. The number of nitrogens with zero attached hydrogens (tertiary/aromatic N) is 3. The van der Waals surface area contributed by atoms with Crippen LogP contribution in [0.15, 0.2) is 48.5 Å². The molecule has 2 heterocycles. The molecule has 5 nitrogen and oxygen atoms in total. The Morgan fingerprint density at radius 2 is 1.81 bits per heavy atom. The van der Waals surface area contributed by atoms with Crippen molar-refractivity contribution < 1.29 is 14.0 Å². The molecule has 0 bridgehead atoms. The van der Waals surface area contributed by atoms with E-state index in [-0.39, 0.29) is 23.7 Å². The Bertz CT molecular complexity index is 931. The number of halogens is 1. The Hall–Kier alpha value is -2.73. The minimum absolute atomic E-state index is 0.118. The lowest BCUT2D eigenvalue weighted by Crippen LogP contribution is -2.44. The summed E-state index contributed by atoms with van der Waals surface area (Å²) in [6, 6.07) is 14.3. The first kappa shape index (κ1) is 21.5. The molecule has 2 aliphatic rings. The van der Waals surface area contributed by atoms with E-state index in [0.717, 1.165) is 49.2 Å². The summed E-state index contributed by atoms with van der Waals surface area (Å²) in [4.78, 5) is 31.9. The smallest absolute Gasteiger partial charge is 0.240 e. The van der Waals surface area contributed by atoms with E-state index >= 15 is 0 Å². The molecule has 2 fully saturated rings. The van der Waals surface area contributed by atoms with E-state index in [9.17, 15) is 14.0 Å². The molecule has 1 atom stereocenters. The number of likely N-dealkylation sites (tertiary alicyclic amines) is 1. The summed E-state index contributed by atoms with van der Waals surface area (Å²) >= 11 is 0. The fourth-order valence-electron chi connectivity index (χ4n) is 4.64. The normalized spacial score (nSPS) is 20.2. The van der Waals surface area contributed by atoms with E-state index in [1.807, 2.05) is 34.9 Å². The van der Waals surface area contributed by atoms with Crippen molar-refractivity contribution in [1.82, 2.24) is 14.7 Å². The van der Waals surface area contributed by atoms with Gasteiger partial charge in [0.2, 0.25) is 11.8 Å². The van der Waals surface area contributed by atoms with Gasteiger partial charge in [0.1, 0.15) is 5.82 Å². The third kappa shape index (κ3) is 5.31. The zero-order valence-corrected chi connectivity index (χ0v) is 18.1. The summed E-state index contributed by atoms with van der Waals surface area (Å²) < 4.78 is 13.1. The van der Waals surface area contributed by atoms with Gasteiger partial charge >= 0.3 is 0 Å². The van der Waals surface area contributed by atoms with Gasteiger partial charge in [0.15, 0.2) is 0 Å². The van der Waals surface area contributed by atoms with Crippen LogP contribution in [0, 0.1) is 12.7 Å². The van der Waals surface area contributed by atoms with Gasteiger partial charge in [0.05, 0.1) is 12.5 Å². The molecule has 164 valence electrons. The Kier molecular flexibility index (Phi) is 6.66. The lowest BCUT2D eigenvalue weighted by Gasteiger charge is -2.26. The maximum absolute atomic E-state index is 13.1. The van der Waals surface area contributed by atoms with E-state index in [0.29, 0.717) is 26.1 Å². The third-order valence-corrected chi connectivity index (χ3v) is 6.32. The van der Waals surface area contributed by atoms with Gasteiger partial charge in [0.25, 0.3) is 0 Å². The van der Waals surface area contributed by atoms with Crippen molar-refractivity contribution in [3.8, 4) is 0 Å². The number of amides is 2. The molecule has 2 aromatic rings. The van der Waals surface area contributed by atoms with E-state index in [1.54, 1.807) is 12.1 Å². The largest absolute Gasteiger partial charge is 0.341 e. The first-order valence-corrected chi connectivity index (χ1v) is 11.1. The van der Waals surface area contributed by atoms with Gasteiger partial charge in [-0.15, -0.1) is 0 Å². The lowest BCUT2D eigenvalue weighted by atomic mass is 10.1. The van der Waals surface area contributed by atoms with Gasteiger partial charge in [-0.2, -0.15) is 0 Å². The fourth-order valence-corrected chi connectivity index (χ4v) is 4.64.